The van der Waals surface area contributed by atoms with Gasteiger partial charge in [-0.1, -0.05) is 0 Å². The number of nitrogens with zero attached hydrogens (tertiary/aromatic N) is 4. The molecule has 2 aromatic rings. The molecule has 0 aliphatic rings. The van der Waals surface area contributed by atoms with E-state index >= 15 is 0 Å². The van der Waals surface area contributed by atoms with Gasteiger partial charge in [0, 0.05) is 25.3 Å². The van der Waals surface area contributed by atoms with Crippen LogP contribution in [-0.2, 0) is 11.3 Å². The summed E-state index contributed by atoms with van der Waals surface area (Å²) >= 11 is 0. The molecule has 1 aromatic heterocycles. The standard InChI is InChI=1S/C16H19N5O4/c1-10-15(21(24)25)11(2)20(18-10)9-14(22)17-13-7-5-12(6-8-13)16(23)19(3)4/h5-8H,9H2,1-4H3,(H,17,22). The number of aromatic nitrogens is 2. The molecule has 132 valence electrons. The maximum absolute atomic E-state index is 12.1. The van der Waals surface area contributed by atoms with Gasteiger partial charge in [-0.25, -0.2) is 0 Å². The summed E-state index contributed by atoms with van der Waals surface area (Å²) in [5, 5.41) is 17.7. The lowest BCUT2D eigenvalue weighted by molar-refractivity contribution is -0.386. The minimum Gasteiger partial charge on any atom is -0.345 e. The lowest BCUT2D eigenvalue weighted by Crippen LogP contribution is -2.22. The maximum atomic E-state index is 12.1. The quantitative estimate of drug-likeness (QED) is 0.655. The maximum Gasteiger partial charge on any atom is 0.312 e. The van der Waals surface area contributed by atoms with E-state index in [1.54, 1.807) is 45.3 Å². The van der Waals surface area contributed by atoms with E-state index in [1.165, 1.54) is 16.5 Å². The number of nitro groups is 1. The summed E-state index contributed by atoms with van der Waals surface area (Å²) in [6, 6.07) is 6.48. The molecule has 1 N–H and O–H groups in total. The van der Waals surface area contributed by atoms with E-state index in [-0.39, 0.29) is 29.7 Å². The molecular weight excluding hydrogens is 326 g/mol. The number of carbonyl (C=O) groups excluding carboxylic acids is 2. The van der Waals surface area contributed by atoms with E-state index in [1.807, 2.05) is 0 Å². The van der Waals surface area contributed by atoms with Gasteiger partial charge in [-0.2, -0.15) is 5.10 Å². The monoisotopic (exact) mass is 345 g/mol. The molecule has 0 unspecified atom stereocenters. The number of carbonyl (C=O) groups is 2. The summed E-state index contributed by atoms with van der Waals surface area (Å²) in [7, 11) is 3.32. The molecular formula is C16H19N5O4. The fraction of sp³-hybridized carbons (Fsp3) is 0.312. The molecule has 0 aliphatic heterocycles. The fourth-order valence-electron chi connectivity index (χ4n) is 2.40. The zero-order valence-corrected chi connectivity index (χ0v) is 14.4. The summed E-state index contributed by atoms with van der Waals surface area (Å²) in [5.41, 5.74) is 1.54. The van der Waals surface area contributed by atoms with Gasteiger partial charge >= 0.3 is 5.69 Å². The molecule has 0 fully saturated rings. The van der Waals surface area contributed by atoms with Crippen molar-refractivity contribution in [2.75, 3.05) is 19.4 Å². The Morgan fingerprint density at radius 2 is 1.84 bits per heavy atom. The molecule has 0 spiro atoms. The van der Waals surface area contributed by atoms with Gasteiger partial charge in [0.25, 0.3) is 5.91 Å². The average molecular weight is 345 g/mol. The number of aryl methyl sites for hydroxylation is 1. The number of rotatable bonds is 5. The third-order valence-electron chi connectivity index (χ3n) is 3.64. The Labute approximate surface area is 144 Å². The molecule has 0 atom stereocenters. The Bertz CT molecular complexity index is 824. The van der Waals surface area contributed by atoms with Crippen LogP contribution in [0.5, 0.6) is 0 Å². The van der Waals surface area contributed by atoms with Crippen LogP contribution in [0.25, 0.3) is 0 Å². The second-order valence-electron chi connectivity index (χ2n) is 5.76. The molecule has 25 heavy (non-hydrogen) atoms. The molecule has 0 saturated heterocycles. The summed E-state index contributed by atoms with van der Waals surface area (Å²) in [5.74, 6) is -0.500. The largest absolute Gasteiger partial charge is 0.345 e. The predicted octanol–water partition coefficient (Wildman–Crippen LogP) is 1.75. The minimum absolute atomic E-state index is 0.0839. The van der Waals surface area contributed by atoms with Crippen molar-refractivity contribution < 1.29 is 14.5 Å². The SMILES string of the molecule is Cc1nn(CC(=O)Nc2ccc(C(=O)N(C)C)cc2)c(C)c1[N+](=O)[O-]. The zero-order valence-electron chi connectivity index (χ0n) is 14.4. The Morgan fingerprint density at radius 3 is 2.32 bits per heavy atom. The lowest BCUT2D eigenvalue weighted by Gasteiger charge is -2.11. The summed E-state index contributed by atoms with van der Waals surface area (Å²) in [6.45, 7) is 2.94. The van der Waals surface area contributed by atoms with Gasteiger partial charge in [0.1, 0.15) is 17.9 Å². The van der Waals surface area contributed by atoms with E-state index in [9.17, 15) is 19.7 Å². The van der Waals surface area contributed by atoms with Crippen LogP contribution >= 0.6 is 0 Å². The highest BCUT2D eigenvalue weighted by Gasteiger charge is 2.22. The third-order valence-corrected chi connectivity index (χ3v) is 3.64. The molecule has 2 rings (SSSR count). The molecule has 1 aromatic carbocycles. The Hall–Kier alpha value is -3.23. The first kappa shape index (κ1) is 18.1. The van der Waals surface area contributed by atoms with Crippen LogP contribution < -0.4 is 5.32 Å². The normalized spacial score (nSPS) is 10.4. The number of hydrogen-bond acceptors (Lipinski definition) is 5. The van der Waals surface area contributed by atoms with Gasteiger partial charge in [0.05, 0.1) is 4.92 Å². The number of anilines is 1. The van der Waals surface area contributed by atoms with Crippen molar-refractivity contribution >= 4 is 23.2 Å². The van der Waals surface area contributed by atoms with Crippen molar-refractivity contribution in [1.82, 2.24) is 14.7 Å². The number of hydrogen-bond donors (Lipinski definition) is 1. The molecule has 0 aliphatic carbocycles. The topological polar surface area (TPSA) is 110 Å². The van der Waals surface area contributed by atoms with Crippen molar-refractivity contribution in [3.8, 4) is 0 Å². The highest BCUT2D eigenvalue weighted by atomic mass is 16.6. The lowest BCUT2D eigenvalue weighted by atomic mass is 10.2. The van der Waals surface area contributed by atoms with Crippen molar-refractivity contribution in [2.24, 2.45) is 0 Å². The van der Waals surface area contributed by atoms with Crippen molar-refractivity contribution in [2.45, 2.75) is 20.4 Å². The molecule has 0 saturated carbocycles. The molecule has 9 heteroatoms. The average Bonchev–Trinajstić information content (AvgIpc) is 2.81. The third kappa shape index (κ3) is 4.00. The van der Waals surface area contributed by atoms with E-state index in [2.05, 4.69) is 10.4 Å². The van der Waals surface area contributed by atoms with Crippen LogP contribution in [0.1, 0.15) is 21.7 Å². The predicted molar refractivity (Wildman–Crippen MR) is 91.4 cm³/mol. The van der Waals surface area contributed by atoms with Crippen LogP contribution in [-0.4, -0.2) is 45.5 Å². The van der Waals surface area contributed by atoms with Crippen molar-refractivity contribution in [3.05, 3.63) is 51.3 Å². The van der Waals surface area contributed by atoms with Crippen molar-refractivity contribution in [3.63, 3.8) is 0 Å². The second-order valence-corrected chi connectivity index (χ2v) is 5.76. The van der Waals surface area contributed by atoms with Gasteiger partial charge in [-0.15, -0.1) is 0 Å². The number of amides is 2. The first-order chi connectivity index (χ1) is 11.7. The first-order valence-corrected chi connectivity index (χ1v) is 7.50. The second kappa shape index (κ2) is 7.12. The smallest absolute Gasteiger partial charge is 0.312 e. The highest BCUT2D eigenvalue weighted by molar-refractivity contribution is 5.95. The van der Waals surface area contributed by atoms with Crippen molar-refractivity contribution in [1.29, 1.82) is 0 Å². The molecule has 9 nitrogen and oxygen atoms in total. The molecule has 0 radical (unpaired) electrons. The summed E-state index contributed by atoms with van der Waals surface area (Å²) < 4.78 is 1.30. The van der Waals surface area contributed by atoms with E-state index in [0.717, 1.165) is 0 Å². The summed E-state index contributed by atoms with van der Waals surface area (Å²) in [6.07, 6.45) is 0. The summed E-state index contributed by atoms with van der Waals surface area (Å²) in [4.78, 5) is 35.9. The van der Waals surface area contributed by atoms with Crippen LogP contribution in [0.15, 0.2) is 24.3 Å². The van der Waals surface area contributed by atoms with Crippen LogP contribution in [0.3, 0.4) is 0 Å². The highest BCUT2D eigenvalue weighted by Crippen LogP contribution is 2.21. The van der Waals surface area contributed by atoms with Crippen LogP contribution in [0.4, 0.5) is 11.4 Å². The fourth-order valence-corrected chi connectivity index (χ4v) is 2.40. The van der Waals surface area contributed by atoms with Gasteiger partial charge in [0.2, 0.25) is 5.91 Å². The van der Waals surface area contributed by atoms with Gasteiger partial charge in [-0.3, -0.25) is 24.4 Å². The van der Waals surface area contributed by atoms with Gasteiger partial charge in [-0.05, 0) is 38.1 Å². The Morgan fingerprint density at radius 1 is 1.24 bits per heavy atom. The van der Waals surface area contributed by atoms with E-state index in [4.69, 9.17) is 0 Å². The number of nitrogens with one attached hydrogen (secondary N) is 1. The van der Waals surface area contributed by atoms with E-state index < -0.39 is 4.92 Å². The van der Waals surface area contributed by atoms with Gasteiger partial charge in [0.15, 0.2) is 0 Å². The van der Waals surface area contributed by atoms with Crippen LogP contribution in [0, 0.1) is 24.0 Å². The van der Waals surface area contributed by atoms with Crippen LogP contribution in [0.2, 0.25) is 0 Å². The molecule has 2 amide bonds. The molecule has 1 heterocycles. The zero-order chi connectivity index (χ0) is 18.7. The molecule has 0 bridgehead atoms. The Balaban J connectivity index is 2.07. The first-order valence-electron chi connectivity index (χ1n) is 7.50. The van der Waals surface area contributed by atoms with E-state index in [0.29, 0.717) is 16.9 Å². The van der Waals surface area contributed by atoms with Gasteiger partial charge < -0.3 is 10.2 Å². The number of benzene rings is 1. The minimum atomic E-state index is -0.507. The Kier molecular flexibility index (Phi) is 5.16.